The Balaban J connectivity index is 0. The summed E-state index contributed by atoms with van der Waals surface area (Å²) in [7, 11) is 0. The zero-order valence-electron chi connectivity index (χ0n) is 6.64. The van der Waals surface area contributed by atoms with Gasteiger partial charge in [-0.15, -0.1) is 0 Å². The third kappa shape index (κ3) is 3.90. The standard InChI is InChI=1S/C9H8O.Co.Fe.Mn/c1-2-6-9-8(4-1)5-3-7-10-9;;;/h1-6H,7H2;;;. The summed E-state index contributed by atoms with van der Waals surface area (Å²) in [6.07, 6.45) is 4.10. The molecule has 0 spiro atoms. The summed E-state index contributed by atoms with van der Waals surface area (Å²) in [5, 5.41) is 0. The van der Waals surface area contributed by atoms with Crippen LogP contribution in [-0.4, -0.2) is 6.61 Å². The number of hydrogen-bond acceptors (Lipinski definition) is 1. The van der Waals surface area contributed by atoms with Crippen LogP contribution < -0.4 is 4.74 Å². The van der Waals surface area contributed by atoms with E-state index in [9.17, 15) is 0 Å². The second kappa shape index (κ2) is 7.69. The van der Waals surface area contributed by atoms with Gasteiger partial charge in [0.15, 0.2) is 0 Å². The Bertz CT molecular complexity index is 278. The predicted octanol–water partition coefficient (Wildman–Crippen LogP) is 2.08. The molecule has 4 heteroatoms. The van der Waals surface area contributed by atoms with E-state index >= 15 is 0 Å². The van der Waals surface area contributed by atoms with Crippen LogP contribution in [0.4, 0.5) is 0 Å². The Labute approximate surface area is 109 Å². The number of fused-ring (bicyclic) bond motifs is 1. The largest absolute Gasteiger partial charge is 0.489 e. The van der Waals surface area contributed by atoms with Crippen LogP contribution in [0, 0.1) is 0 Å². The first-order valence-electron chi connectivity index (χ1n) is 3.35. The van der Waals surface area contributed by atoms with Crippen LogP contribution in [0.2, 0.25) is 0 Å². The Hall–Kier alpha value is 0.305. The smallest absolute Gasteiger partial charge is 0.126 e. The van der Waals surface area contributed by atoms with Crippen molar-refractivity contribution in [2.75, 3.05) is 6.61 Å². The fourth-order valence-electron chi connectivity index (χ4n) is 1.06. The maximum Gasteiger partial charge on any atom is 0.126 e. The van der Waals surface area contributed by atoms with Crippen molar-refractivity contribution >= 4 is 6.08 Å². The van der Waals surface area contributed by atoms with Gasteiger partial charge in [0, 0.05) is 56.5 Å². The van der Waals surface area contributed by atoms with E-state index in [4.69, 9.17) is 4.74 Å². The molecule has 0 atom stereocenters. The van der Waals surface area contributed by atoms with Gasteiger partial charge < -0.3 is 4.74 Å². The van der Waals surface area contributed by atoms with E-state index in [-0.39, 0.29) is 50.9 Å². The summed E-state index contributed by atoms with van der Waals surface area (Å²) in [5.74, 6) is 0.991. The van der Waals surface area contributed by atoms with Crippen LogP contribution >= 0.6 is 0 Å². The molecule has 1 aliphatic heterocycles. The van der Waals surface area contributed by atoms with Gasteiger partial charge >= 0.3 is 0 Å². The molecule has 13 heavy (non-hydrogen) atoms. The zero-order valence-corrected chi connectivity index (χ0v) is 9.97. The molecule has 0 aliphatic carbocycles. The second-order valence-corrected chi connectivity index (χ2v) is 2.25. The number of ether oxygens (including phenoxy) is 1. The normalized spacial score (nSPS) is 10.8. The van der Waals surface area contributed by atoms with Crippen molar-refractivity contribution in [3.8, 4) is 5.75 Å². The van der Waals surface area contributed by atoms with Crippen LogP contribution in [0.5, 0.6) is 5.75 Å². The van der Waals surface area contributed by atoms with E-state index in [0.717, 1.165) is 5.75 Å². The summed E-state index contributed by atoms with van der Waals surface area (Å²) in [6.45, 7) is 0.705. The monoisotopic (exact) mass is 302 g/mol. The molecule has 2 radical (unpaired) electrons. The van der Waals surface area contributed by atoms with E-state index in [1.165, 1.54) is 5.56 Å². The van der Waals surface area contributed by atoms with E-state index in [0.29, 0.717) is 6.61 Å². The summed E-state index contributed by atoms with van der Waals surface area (Å²) in [5.41, 5.74) is 1.17. The van der Waals surface area contributed by atoms with E-state index in [1.807, 2.05) is 30.3 Å². The molecule has 74 valence electrons. The minimum atomic E-state index is 0. The van der Waals surface area contributed by atoms with Gasteiger partial charge in [-0.25, -0.2) is 0 Å². The van der Waals surface area contributed by atoms with Crippen molar-refractivity contribution in [3.63, 3.8) is 0 Å². The molecule has 1 aromatic carbocycles. The van der Waals surface area contributed by atoms with Crippen molar-refractivity contribution in [1.29, 1.82) is 0 Å². The van der Waals surface area contributed by atoms with Gasteiger partial charge in [-0.1, -0.05) is 24.3 Å². The van der Waals surface area contributed by atoms with Gasteiger partial charge in [-0.05, 0) is 12.1 Å². The Kier molecular flexibility index (Phi) is 9.32. The summed E-state index contributed by atoms with van der Waals surface area (Å²) in [6, 6.07) is 8.03. The van der Waals surface area contributed by atoms with Gasteiger partial charge in [0.05, 0.1) is 0 Å². The topological polar surface area (TPSA) is 9.23 Å². The molecule has 0 saturated carbocycles. The van der Waals surface area contributed by atoms with Crippen molar-refractivity contribution in [3.05, 3.63) is 35.9 Å². The molecule has 1 aliphatic rings. The molecule has 0 saturated heterocycles. The van der Waals surface area contributed by atoms with Crippen LogP contribution in [0.3, 0.4) is 0 Å². The maximum absolute atomic E-state index is 5.34. The quantitative estimate of drug-likeness (QED) is 0.667. The predicted molar refractivity (Wildman–Crippen MR) is 41.0 cm³/mol. The van der Waals surface area contributed by atoms with Gasteiger partial charge in [0.1, 0.15) is 12.4 Å². The summed E-state index contributed by atoms with van der Waals surface area (Å²) >= 11 is 0. The minimum Gasteiger partial charge on any atom is -0.489 e. The molecule has 0 bridgehead atoms. The average molecular weight is 302 g/mol. The van der Waals surface area contributed by atoms with Gasteiger partial charge in [0.2, 0.25) is 0 Å². The van der Waals surface area contributed by atoms with Gasteiger partial charge in [0.25, 0.3) is 0 Å². The Morgan fingerprint density at radius 1 is 1.15 bits per heavy atom. The zero-order chi connectivity index (χ0) is 6.81. The number of para-hydroxylation sites is 1. The first-order chi connectivity index (χ1) is 4.97. The molecule has 1 heterocycles. The van der Waals surface area contributed by atoms with Crippen LogP contribution in [0.25, 0.3) is 6.08 Å². The molecular formula is C9H8CoFeMnO. The van der Waals surface area contributed by atoms with Gasteiger partial charge in [-0.3, -0.25) is 0 Å². The van der Waals surface area contributed by atoms with Crippen molar-refractivity contribution < 1.29 is 55.7 Å². The first kappa shape index (κ1) is 15.8. The number of benzene rings is 1. The first-order valence-corrected chi connectivity index (χ1v) is 3.35. The fourth-order valence-corrected chi connectivity index (χ4v) is 1.06. The molecule has 0 amide bonds. The van der Waals surface area contributed by atoms with Crippen LogP contribution in [0.1, 0.15) is 5.56 Å². The van der Waals surface area contributed by atoms with Crippen molar-refractivity contribution in [2.24, 2.45) is 0 Å². The van der Waals surface area contributed by atoms with Crippen molar-refractivity contribution in [1.82, 2.24) is 0 Å². The summed E-state index contributed by atoms with van der Waals surface area (Å²) < 4.78 is 5.34. The third-order valence-corrected chi connectivity index (χ3v) is 1.55. The summed E-state index contributed by atoms with van der Waals surface area (Å²) in [4.78, 5) is 0. The van der Waals surface area contributed by atoms with E-state index in [2.05, 4.69) is 6.08 Å². The molecule has 1 aromatic rings. The molecule has 0 fully saturated rings. The molecular weight excluding hydrogens is 294 g/mol. The Morgan fingerprint density at radius 2 is 1.85 bits per heavy atom. The molecule has 1 nitrogen and oxygen atoms in total. The second-order valence-electron chi connectivity index (χ2n) is 2.25. The van der Waals surface area contributed by atoms with Crippen molar-refractivity contribution in [2.45, 2.75) is 0 Å². The maximum atomic E-state index is 5.34. The molecule has 0 N–H and O–H groups in total. The number of hydrogen-bond donors (Lipinski definition) is 0. The average Bonchev–Trinajstić information content (AvgIpc) is 2.05. The number of rotatable bonds is 0. The van der Waals surface area contributed by atoms with Gasteiger partial charge in [-0.2, -0.15) is 0 Å². The third-order valence-electron chi connectivity index (χ3n) is 1.55. The van der Waals surface area contributed by atoms with E-state index in [1.54, 1.807) is 0 Å². The molecule has 2 rings (SSSR count). The fraction of sp³-hybridized carbons (Fsp3) is 0.111. The molecule has 0 unspecified atom stereocenters. The van der Waals surface area contributed by atoms with E-state index < -0.39 is 0 Å². The Morgan fingerprint density at radius 3 is 2.54 bits per heavy atom. The SMILES string of the molecule is C1=Cc2ccccc2OC1.[Co].[Fe].[Mn]. The molecule has 0 aromatic heterocycles. The van der Waals surface area contributed by atoms with Crippen LogP contribution in [0.15, 0.2) is 30.3 Å². The van der Waals surface area contributed by atoms with Crippen LogP contribution in [-0.2, 0) is 50.9 Å². The minimum absolute atomic E-state index is 0.